The molecule has 1 aromatic carbocycles. The van der Waals surface area contributed by atoms with Crippen LogP contribution in [0.15, 0.2) is 18.2 Å². The van der Waals surface area contributed by atoms with Crippen LogP contribution in [0.5, 0.6) is 5.75 Å². The molecule has 0 spiro atoms. The lowest BCUT2D eigenvalue weighted by atomic mass is 10.2. The lowest BCUT2D eigenvalue weighted by molar-refractivity contribution is -0.0798. The van der Waals surface area contributed by atoms with E-state index in [9.17, 15) is 0 Å². The maximum absolute atomic E-state index is 9.15. The summed E-state index contributed by atoms with van der Waals surface area (Å²) in [5.41, 5.74) is 0. The number of hydrogen-bond acceptors (Lipinski definition) is 4. The Balaban J connectivity index is 1.82. The van der Waals surface area contributed by atoms with E-state index >= 15 is 0 Å². The standard InChI is InChI=1S/C14H19Cl2NO3/c1-10-9-20-12(8-18)7-17(10)4-5-19-14-3-2-11(15)6-13(14)16/h2-3,6,10,12,18H,4-5,7-9H2,1H3. The number of aliphatic hydroxyl groups is 1. The molecule has 2 atom stereocenters. The molecule has 0 radical (unpaired) electrons. The minimum Gasteiger partial charge on any atom is -0.491 e. The molecule has 0 aliphatic carbocycles. The third-order valence-corrected chi connectivity index (χ3v) is 3.90. The molecule has 2 rings (SSSR count). The number of aliphatic hydroxyl groups excluding tert-OH is 1. The Labute approximate surface area is 129 Å². The molecular formula is C14H19Cl2NO3. The number of hydrogen-bond donors (Lipinski definition) is 1. The molecule has 1 aliphatic heterocycles. The molecule has 112 valence electrons. The van der Waals surface area contributed by atoms with Gasteiger partial charge in [-0.05, 0) is 25.1 Å². The van der Waals surface area contributed by atoms with Gasteiger partial charge >= 0.3 is 0 Å². The molecule has 20 heavy (non-hydrogen) atoms. The fourth-order valence-electron chi connectivity index (χ4n) is 2.16. The second kappa shape index (κ2) is 7.48. The van der Waals surface area contributed by atoms with Gasteiger partial charge in [-0.25, -0.2) is 0 Å². The number of rotatable bonds is 5. The van der Waals surface area contributed by atoms with Crippen LogP contribution >= 0.6 is 23.2 Å². The van der Waals surface area contributed by atoms with E-state index in [2.05, 4.69) is 11.8 Å². The summed E-state index contributed by atoms with van der Waals surface area (Å²) in [6, 6.07) is 5.51. The van der Waals surface area contributed by atoms with E-state index in [0.29, 0.717) is 35.1 Å². The Bertz CT molecular complexity index is 444. The lowest BCUT2D eigenvalue weighted by Crippen LogP contribution is -2.50. The minimum absolute atomic E-state index is 0.0487. The van der Waals surface area contributed by atoms with Crippen molar-refractivity contribution in [1.29, 1.82) is 0 Å². The lowest BCUT2D eigenvalue weighted by Gasteiger charge is -2.37. The van der Waals surface area contributed by atoms with Crippen molar-refractivity contribution in [3.05, 3.63) is 28.2 Å². The van der Waals surface area contributed by atoms with Crippen LogP contribution in [0, 0.1) is 0 Å². The zero-order chi connectivity index (χ0) is 14.5. The summed E-state index contributed by atoms with van der Waals surface area (Å²) in [7, 11) is 0. The van der Waals surface area contributed by atoms with Crippen LogP contribution in [-0.2, 0) is 4.74 Å². The monoisotopic (exact) mass is 319 g/mol. The Morgan fingerprint density at radius 1 is 1.45 bits per heavy atom. The zero-order valence-electron chi connectivity index (χ0n) is 11.4. The van der Waals surface area contributed by atoms with Crippen molar-refractivity contribution in [2.24, 2.45) is 0 Å². The first kappa shape index (κ1) is 15.9. The summed E-state index contributed by atoms with van der Waals surface area (Å²) in [5, 5.41) is 10.3. The summed E-state index contributed by atoms with van der Waals surface area (Å²) in [6.07, 6.45) is -0.106. The molecule has 4 nitrogen and oxygen atoms in total. The summed E-state index contributed by atoms with van der Waals surface area (Å²) in [4.78, 5) is 2.24. The van der Waals surface area contributed by atoms with Gasteiger partial charge in [0.05, 0.1) is 24.3 Å². The zero-order valence-corrected chi connectivity index (χ0v) is 12.9. The maximum atomic E-state index is 9.15. The number of morpholine rings is 1. The summed E-state index contributed by atoms with van der Waals surface area (Å²) in [6.45, 7) is 4.79. The largest absolute Gasteiger partial charge is 0.491 e. The fourth-order valence-corrected chi connectivity index (χ4v) is 2.63. The molecule has 1 N–H and O–H groups in total. The SMILES string of the molecule is CC1COC(CO)CN1CCOc1ccc(Cl)cc1Cl. The van der Waals surface area contributed by atoms with Gasteiger partial charge in [-0.15, -0.1) is 0 Å². The highest BCUT2D eigenvalue weighted by atomic mass is 35.5. The van der Waals surface area contributed by atoms with Crippen molar-refractivity contribution in [3.63, 3.8) is 0 Å². The number of ether oxygens (including phenoxy) is 2. The molecule has 6 heteroatoms. The van der Waals surface area contributed by atoms with E-state index in [1.165, 1.54) is 0 Å². The number of benzene rings is 1. The summed E-state index contributed by atoms with van der Waals surface area (Å²) < 4.78 is 11.2. The van der Waals surface area contributed by atoms with Crippen molar-refractivity contribution in [3.8, 4) is 5.75 Å². The summed E-state index contributed by atoms with van der Waals surface area (Å²) >= 11 is 11.9. The Hall–Kier alpha value is -0.520. The van der Waals surface area contributed by atoms with E-state index in [4.69, 9.17) is 37.8 Å². The second-order valence-electron chi connectivity index (χ2n) is 4.91. The van der Waals surface area contributed by atoms with E-state index < -0.39 is 0 Å². The highest BCUT2D eigenvalue weighted by Gasteiger charge is 2.25. The van der Waals surface area contributed by atoms with Gasteiger partial charge in [0.25, 0.3) is 0 Å². The molecule has 0 amide bonds. The van der Waals surface area contributed by atoms with Crippen LogP contribution in [0.25, 0.3) is 0 Å². The quantitative estimate of drug-likeness (QED) is 0.905. The molecule has 0 bridgehead atoms. The predicted octanol–water partition coefficient (Wildman–Crippen LogP) is 2.45. The van der Waals surface area contributed by atoms with E-state index in [1.807, 2.05) is 0 Å². The average Bonchev–Trinajstić information content (AvgIpc) is 2.43. The Kier molecular flexibility index (Phi) is 5.93. The van der Waals surface area contributed by atoms with Gasteiger partial charge < -0.3 is 14.6 Å². The Morgan fingerprint density at radius 2 is 2.25 bits per heavy atom. The van der Waals surface area contributed by atoms with Crippen LogP contribution < -0.4 is 4.74 Å². The molecule has 1 heterocycles. The maximum Gasteiger partial charge on any atom is 0.138 e. The van der Waals surface area contributed by atoms with Gasteiger partial charge in [-0.1, -0.05) is 23.2 Å². The topological polar surface area (TPSA) is 41.9 Å². The minimum atomic E-state index is -0.106. The second-order valence-corrected chi connectivity index (χ2v) is 5.75. The third kappa shape index (κ3) is 4.24. The molecule has 2 unspecified atom stereocenters. The first-order valence-electron chi connectivity index (χ1n) is 6.64. The van der Waals surface area contributed by atoms with Crippen molar-refractivity contribution < 1.29 is 14.6 Å². The van der Waals surface area contributed by atoms with Gasteiger partial charge in [0.1, 0.15) is 12.4 Å². The van der Waals surface area contributed by atoms with E-state index in [-0.39, 0.29) is 12.7 Å². The highest BCUT2D eigenvalue weighted by Crippen LogP contribution is 2.27. The van der Waals surface area contributed by atoms with Crippen molar-refractivity contribution >= 4 is 23.2 Å². The van der Waals surface area contributed by atoms with Gasteiger partial charge in [-0.2, -0.15) is 0 Å². The van der Waals surface area contributed by atoms with Crippen LogP contribution in [0.4, 0.5) is 0 Å². The van der Waals surface area contributed by atoms with Crippen molar-refractivity contribution in [1.82, 2.24) is 4.90 Å². The fraction of sp³-hybridized carbons (Fsp3) is 0.571. The van der Waals surface area contributed by atoms with Crippen molar-refractivity contribution in [2.75, 3.05) is 32.9 Å². The molecule has 1 aromatic rings. The van der Waals surface area contributed by atoms with E-state index in [1.54, 1.807) is 18.2 Å². The van der Waals surface area contributed by atoms with Crippen LogP contribution in [0.2, 0.25) is 10.0 Å². The van der Waals surface area contributed by atoms with Crippen LogP contribution in [0.3, 0.4) is 0 Å². The average molecular weight is 320 g/mol. The van der Waals surface area contributed by atoms with Gasteiger partial charge in [0.15, 0.2) is 0 Å². The molecule has 1 aliphatic rings. The normalized spacial score (nSPS) is 23.8. The van der Waals surface area contributed by atoms with E-state index in [0.717, 1.165) is 13.1 Å². The van der Waals surface area contributed by atoms with Gasteiger partial charge in [0, 0.05) is 24.2 Å². The molecule has 0 aromatic heterocycles. The number of halogens is 2. The first-order valence-corrected chi connectivity index (χ1v) is 7.40. The summed E-state index contributed by atoms with van der Waals surface area (Å²) in [5.74, 6) is 0.635. The smallest absolute Gasteiger partial charge is 0.138 e. The number of nitrogens with zero attached hydrogens (tertiary/aromatic N) is 1. The molecule has 0 saturated carbocycles. The van der Waals surface area contributed by atoms with Crippen LogP contribution in [0.1, 0.15) is 6.92 Å². The Morgan fingerprint density at radius 3 is 2.95 bits per heavy atom. The molecule has 1 saturated heterocycles. The first-order chi connectivity index (χ1) is 9.60. The van der Waals surface area contributed by atoms with Crippen LogP contribution in [-0.4, -0.2) is 55.1 Å². The molecular weight excluding hydrogens is 301 g/mol. The molecule has 1 fully saturated rings. The third-order valence-electron chi connectivity index (χ3n) is 3.37. The predicted molar refractivity (Wildman–Crippen MR) is 79.8 cm³/mol. The van der Waals surface area contributed by atoms with Crippen molar-refractivity contribution in [2.45, 2.75) is 19.1 Å². The van der Waals surface area contributed by atoms with Gasteiger partial charge in [-0.3, -0.25) is 4.90 Å². The highest BCUT2D eigenvalue weighted by molar-refractivity contribution is 6.35. The van der Waals surface area contributed by atoms with Gasteiger partial charge in [0.2, 0.25) is 0 Å².